The second kappa shape index (κ2) is 5.58. The van der Waals surface area contributed by atoms with Crippen LogP contribution in [0.4, 0.5) is 8.78 Å². The third kappa shape index (κ3) is 3.14. The summed E-state index contributed by atoms with van der Waals surface area (Å²) in [6.07, 6.45) is 4.73. The first-order chi connectivity index (χ1) is 8.92. The Hall–Kier alpha value is -0.960. The van der Waals surface area contributed by atoms with Gasteiger partial charge in [-0.3, -0.25) is 0 Å². The van der Waals surface area contributed by atoms with Crippen molar-refractivity contribution in [1.82, 2.24) is 0 Å². The highest BCUT2D eigenvalue weighted by Gasteiger charge is 2.33. The Morgan fingerprint density at radius 2 is 1.95 bits per heavy atom. The molecule has 0 radical (unpaired) electrons. The van der Waals surface area contributed by atoms with Crippen molar-refractivity contribution in [3.8, 4) is 0 Å². The molecule has 19 heavy (non-hydrogen) atoms. The van der Waals surface area contributed by atoms with Gasteiger partial charge in [-0.25, -0.2) is 8.78 Å². The fraction of sp³-hybridized carbons (Fsp3) is 0.625. The molecule has 2 atom stereocenters. The average Bonchev–Trinajstić information content (AvgIpc) is 2.51. The molecular formula is C16H23F2N. The largest absolute Gasteiger partial charge is 0.321 e. The predicted molar refractivity (Wildman–Crippen MR) is 73.6 cm³/mol. The van der Waals surface area contributed by atoms with E-state index in [2.05, 4.69) is 13.8 Å². The normalized spacial score (nSPS) is 28.4. The van der Waals surface area contributed by atoms with Crippen LogP contribution in [-0.2, 0) is 5.54 Å². The Morgan fingerprint density at radius 1 is 1.21 bits per heavy atom. The SMILES string of the molecule is CC(C)C1CCCC(N)(c2ccc(F)cc2F)CC1. The van der Waals surface area contributed by atoms with Gasteiger partial charge in [-0.2, -0.15) is 0 Å². The molecule has 2 N–H and O–H groups in total. The van der Waals surface area contributed by atoms with Crippen LogP contribution in [-0.4, -0.2) is 0 Å². The lowest BCUT2D eigenvalue weighted by Crippen LogP contribution is -2.37. The van der Waals surface area contributed by atoms with Crippen molar-refractivity contribution in [1.29, 1.82) is 0 Å². The van der Waals surface area contributed by atoms with Gasteiger partial charge in [0.05, 0.1) is 0 Å². The van der Waals surface area contributed by atoms with Crippen LogP contribution in [0.5, 0.6) is 0 Å². The van der Waals surface area contributed by atoms with Gasteiger partial charge in [-0.05, 0) is 37.2 Å². The molecule has 0 saturated heterocycles. The smallest absolute Gasteiger partial charge is 0.131 e. The highest BCUT2D eigenvalue weighted by atomic mass is 19.1. The Kier molecular flexibility index (Phi) is 4.24. The number of hydrogen-bond donors (Lipinski definition) is 1. The van der Waals surface area contributed by atoms with Crippen LogP contribution in [0.3, 0.4) is 0 Å². The zero-order chi connectivity index (χ0) is 14.0. The first-order valence-electron chi connectivity index (χ1n) is 7.17. The lowest BCUT2D eigenvalue weighted by molar-refractivity contribution is 0.321. The van der Waals surface area contributed by atoms with E-state index in [4.69, 9.17) is 5.73 Å². The van der Waals surface area contributed by atoms with Crippen molar-refractivity contribution in [3.63, 3.8) is 0 Å². The van der Waals surface area contributed by atoms with Crippen molar-refractivity contribution in [2.75, 3.05) is 0 Å². The van der Waals surface area contributed by atoms with Crippen LogP contribution in [0.15, 0.2) is 18.2 Å². The zero-order valence-corrected chi connectivity index (χ0v) is 11.8. The van der Waals surface area contributed by atoms with Gasteiger partial charge in [0.2, 0.25) is 0 Å². The molecule has 1 aromatic carbocycles. The van der Waals surface area contributed by atoms with Gasteiger partial charge in [-0.15, -0.1) is 0 Å². The molecule has 2 rings (SSSR count). The van der Waals surface area contributed by atoms with Gasteiger partial charge in [0.1, 0.15) is 11.6 Å². The minimum absolute atomic E-state index is 0.471. The summed E-state index contributed by atoms with van der Waals surface area (Å²) in [5.41, 5.74) is 6.26. The lowest BCUT2D eigenvalue weighted by Gasteiger charge is -2.29. The van der Waals surface area contributed by atoms with E-state index in [0.717, 1.165) is 38.2 Å². The van der Waals surface area contributed by atoms with Crippen LogP contribution in [0.2, 0.25) is 0 Å². The summed E-state index contributed by atoms with van der Waals surface area (Å²) in [7, 11) is 0. The topological polar surface area (TPSA) is 26.0 Å². The van der Waals surface area contributed by atoms with Crippen LogP contribution < -0.4 is 5.73 Å². The molecular weight excluding hydrogens is 244 g/mol. The number of hydrogen-bond acceptors (Lipinski definition) is 1. The molecule has 2 unspecified atom stereocenters. The molecule has 0 heterocycles. The van der Waals surface area contributed by atoms with Crippen molar-refractivity contribution in [3.05, 3.63) is 35.4 Å². The van der Waals surface area contributed by atoms with Crippen LogP contribution in [0.25, 0.3) is 0 Å². The van der Waals surface area contributed by atoms with E-state index in [9.17, 15) is 8.78 Å². The Bertz CT molecular complexity index is 444. The first-order valence-corrected chi connectivity index (χ1v) is 7.17. The van der Waals surface area contributed by atoms with Gasteiger partial charge >= 0.3 is 0 Å². The maximum Gasteiger partial charge on any atom is 0.131 e. The predicted octanol–water partition coefficient (Wildman–Crippen LogP) is 4.36. The third-order valence-corrected chi connectivity index (χ3v) is 4.57. The molecule has 1 aromatic rings. The second-order valence-corrected chi connectivity index (χ2v) is 6.22. The molecule has 1 aliphatic carbocycles. The summed E-state index contributed by atoms with van der Waals surface area (Å²) < 4.78 is 27.0. The number of rotatable bonds is 2. The standard InChI is InChI=1S/C16H23F2N/c1-11(2)12-4-3-8-16(19,9-7-12)14-6-5-13(17)10-15(14)18/h5-6,10-12H,3-4,7-9,19H2,1-2H3. The molecule has 0 spiro atoms. The maximum absolute atomic E-state index is 13.9. The summed E-state index contributed by atoms with van der Waals surface area (Å²) >= 11 is 0. The lowest BCUT2D eigenvalue weighted by atomic mass is 9.82. The second-order valence-electron chi connectivity index (χ2n) is 6.22. The van der Waals surface area contributed by atoms with E-state index in [1.165, 1.54) is 12.1 Å². The number of halogens is 2. The maximum atomic E-state index is 13.9. The monoisotopic (exact) mass is 267 g/mol. The first kappa shape index (κ1) is 14.4. The molecule has 0 aliphatic heterocycles. The van der Waals surface area contributed by atoms with Gasteiger partial charge < -0.3 is 5.73 Å². The van der Waals surface area contributed by atoms with Crippen LogP contribution in [0, 0.1) is 23.5 Å². The Morgan fingerprint density at radius 3 is 2.58 bits per heavy atom. The molecule has 1 saturated carbocycles. The highest BCUT2D eigenvalue weighted by molar-refractivity contribution is 5.26. The fourth-order valence-corrected chi connectivity index (χ4v) is 3.22. The summed E-state index contributed by atoms with van der Waals surface area (Å²) in [5, 5.41) is 0. The summed E-state index contributed by atoms with van der Waals surface area (Å²) in [4.78, 5) is 0. The molecule has 106 valence electrons. The van der Waals surface area contributed by atoms with Crippen molar-refractivity contribution in [2.24, 2.45) is 17.6 Å². The van der Waals surface area contributed by atoms with E-state index in [1.807, 2.05) is 0 Å². The summed E-state index contributed by atoms with van der Waals surface area (Å²) in [6.45, 7) is 4.46. The minimum atomic E-state index is -0.637. The van der Waals surface area contributed by atoms with Crippen LogP contribution >= 0.6 is 0 Å². The quantitative estimate of drug-likeness (QED) is 0.792. The Balaban J connectivity index is 2.22. The molecule has 1 aliphatic rings. The van der Waals surface area contributed by atoms with E-state index >= 15 is 0 Å². The molecule has 1 nitrogen and oxygen atoms in total. The van der Waals surface area contributed by atoms with Crippen molar-refractivity contribution in [2.45, 2.75) is 51.5 Å². The fourth-order valence-electron chi connectivity index (χ4n) is 3.22. The number of nitrogens with two attached hydrogens (primary N) is 1. The van der Waals surface area contributed by atoms with E-state index < -0.39 is 17.2 Å². The molecule has 1 fully saturated rings. The van der Waals surface area contributed by atoms with Gasteiger partial charge in [0.15, 0.2) is 0 Å². The van der Waals surface area contributed by atoms with Crippen molar-refractivity contribution >= 4 is 0 Å². The molecule has 0 bridgehead atoms. The van der Waals surface area contributed by atoms with Crippen LogP contribution in [0.1, 0.15) is 51.5 Å². The average molecular weight is 267 g/mol. The summed E-state index contributed by atoms with van der Waals surface area (Å²) in [6, 6.07) is 3.76. The van der Waals surface area contributed by atoms with E-state index in [-0.39, 0.29) is 0 Å². The third-order valence-electron chi connectivity index (χ3n) is 4.57. The number of benzene rings is 1. The zero-order valence-electron chi connectivity index (χ0n) is 11.8. The molecule has 0 aromatic heterocycles. The van der Waals surface area contributed by atoms with Crippen molar-refractivity contribution < 1.29 is 8.78 Å². The van der Waals surface area contributed by atoms with Gasteiger partial charge in [0, 0.05) is 17.2 Å². The van der Waals surface area contributed by atoms with E-state index in [0.29, 0.717) is 17.4 Å². The summed E-state index contributed by atoms with van der Waals surface area (Å²) in [5.74, 6) is 0.248. The molecule has 3 heteroatoms. The highest BCUT2D eigenvalue weighted by Crippen LogP contribution is 2.39. The van der Waals surface area contributed by atoms with E-state index in [1.54, 1.807) is 0 Å². The minimum Gasteiger partial charge on any atom is -0.321 e. The molecule has 0 amide bonds. The Labute approximate surface area is 114 Å². The van der Waals surface area contributed by atoms with Gasteiger partial charge in [-0.1, -0.05) is 32.8 Å². The van der Waals surface area contributed by atoms with Gasteiger partial charge in [0.25, 0.3) is 0 Å².